The predicted octanol–water partition coefficient (Wildman–Crippen LogP) is 16.3. The quantitative estimate of drug-likeness (QED) is 0.0279. The van der Waals surface area contributed by atoms with E-state index in [4.69, 9.17) is 14.0 Å². The van der Waals surface area contributed by atoms with Crippen LogP contribution in [0.4, 0.5) is 0 Å². The molecule has 1 N–H and O–H groups in total. The fourth-order valence-electron chi connectivity index (χ4n) is 6.94. The first-order valence-corrected chi connectivity index (χ1v) is 26.5. The van der Waals surface area contributed by atoms with Gasteiger partial charge in [0, 0.05) is 20.0 Å². The van der Waals surface area contributed by atoms with Crippen LogP contribution in [-0.2, 0) is 32.7 Å². The molecule has 0 aliphatic rings. The molecule has 0 aromatic heterocycles. The molecule has 0 aromatic carbocycles. The standard InChI is InChI=1S/C52H93O8P/c1-4-6-8-10-12-14-16-18-20-22-24-25-26-27-29-30-32-34-36-38-40-42-44-46-51(53)58-48-50(49-59-61(55,56)57-3)60-52(54)47-45-43-41-39-37-35-33-31-28-23-21-19-17-15-13-11-9-7-5-2/h7,9,13,15,19,21-22,24,28,31,50H,4-6,8,10-12,14,16-18,20,23,25-27,29-30,32-49H2,1-3H3,(H,55,56)/b9-7-,15-13-,21-19-,24-22-,31-28-. The molecular formula is C52H93O8P. The van der Waals surface area contributed by atoms with E-state index in [9.17, 15) is 19.0 Å². The van der Waals surface area contributed by atoms with Crippen LogP contribution in [-0.4, -0.2) is 43.3 Å². The Hall–Kier alpha value is -2.25. The smallest absolute Gasteiger partial charge is 0.462 e. The van der Waals surface area contributed by atoms with Gasteiger partial charge >= 0.3 is 19.8 Å². The molecule has 0 aliphatic carbocycles. The molecule has 2 unspecified atom stereocenters. The molecule has 0 amide bonds. The number of hydrogen-bond acceptors (Lipinski definition) is 7. The van der Waals surface area contributed by atoms with E-state index in [1.807, 2.05) is 0 Å². The van der Waals surface area contributed by atoms with Gasteiger partial charge < -0.3 is 14.4 Å². The molecule has 2 atom stereocenters. The van der Waals surface area contributed by atoms with Gasteiger partial charge in [-0.1, -0.05) is 203 Å². The summed E-state index contributed by atoms with van der Waals surface area (Å²) in [7, 11) is -3.21. The van der Waals surface area contributed by atoms with E-state index in [1.54, 1.807) is 0 Å². The van der Waals surface area contributed by atoms with Crippen LogP contribution in [0.3, 0.4) is 0 Å². The highest BCUT2D eigenvalue weighted by Crippen LogP contribution is 2.42. The fourth-order valence-corrected chi connectivity index (χ4v) is 7.40. The van der Waals surface area contributed by atoms with E-state index in [2.05, 4.69) is 79.1 Å². The van der Waals surface area contributed by atoms with Crippen molar-refractivity contribution in [1.82, 2.24) is 0 Å². The number of carbonyl (C=O) groups excluding carboxylic acids is 2. The molecule has 61 heavy (non-hydrogen) atoms. The van der Waals surface area contributed by atoms with E-state index in [0.717, 1.165) is 90.6 Å². The maximum atomic E-state index is 12.6. The van der Waals surface area contributed by atoms with E-state index >= 15 is 0 Å². The van der Waals surface area contributed by atoms with Crippen molar-refractivity contribution in [2.75, 3.05) is 20.3 Å². The third-order valence-corrected chi connectivity index (χ3v) is 11.7. The normalized spacial score (nSPS) is 13.7. The second-order valence-corrected chi connectivity index (χ2v) is 18.1. The molecule has 0 bridgehead atoms. The Labute approximate surface area is 375 Å². The SMILES string of the molecule is CC/C=C\C/C=C\C/C=C\C/C=C\CCCCCCCCC(=O)OC(COC(=O)CCCCCCCCCCCCC/C=C\CCCCCCCCCC)COP(=O)(O)OC. The van der Waals surface area contributed by atoms with E-state index in [1.165, 1.54) is 116 Å². The lowest BCUT2D eigenvalue weighted by Crippen LogP contribution is -2.29. The van der Waals surface area contributed by atoms with E-state index in [0.29, 0.717) is 6.42 Å². The van der Waals surface area contributed by atoms with Crippen LogP contribution in [0.1, 0.15) is 232 Å². The van der Waals surface area contributed by atoms with Crippen LogP contribution in [0.5, 0.6) is 0 Å². The largest absolute Gasteiger partial charge is 0.472 e. The number of esters is 2. The molecule has 0 radical (unpaired) electrons. The Morgan fingerprint density at radius 3 is 1.26 bits per heavy atom. The minimum atomic E-state index is -4.27. The zero-order chi connectivity index (χ0) is 44.6. The van der Waals surface area contributed by atoms with Gasteiger partial charge in [0.15, 0.2) is 6.10 Å². The van der Waals surface area contributed by atoms with E-state index < -0.39 is 26.5 Å². The zero-order valence-corrected chi connectivity index (χ0v) is 40.5. The average Bonchev–Trinajstić information content (AvgIpc) is 3.25. The molecular weight excluding hydrogens is 784 g/mol. The molecule has 354 valence electrons. The maximum Gasteiger partial charge on any atom is 0.472 e. The second-order valence-electron chi connectivity index (χ2n) is 16.6. The van der Waals surface area contributed by atoms with Crippen molar-refractivity contribution in [3.05, 3.63) is 60.8 Å². The maximum absolute atomic E-state index is 12.6. The van der Waals surface area contributed by atoms with Crippen LogP contribution in [0.2, 0.25) is 0 Å². The van der Waals surface area contributed by atoms with Crippen LogP contribution in [0, 0.1) is 0 Å². The highest BCUT2D eigenvalue weighted by molar-refractivity contribution is 7.47. The monoisotopic (exact) mass is 877 g/mol. The minimum absolute atomic E-state index is 0.227. The lowest BCUT2D eigenvalue weighted by Gasteiger charge is -2.19. The van der Waals surface area contributed by atoms with Crippen molar-refractivity contribution in [2.24, 2.45) is 0 Å². The van der Waals surface area contributed by atoms with Crippen molar-refractivity contribution in [1.29, 1.82) is 0 Å². The summed E-state index contributed by atoms with van der Waals surface area (Å²) >= 11 is 0. The van der Waals surface area contributed by atoms with Crippen LogP contribution >= 0.6 is 7.82 Å². The van der Waals surface area contributed by atoms with Gasteiger partial charge in [-0.25, -0.2) is 4.57 Å². The van der Waals surface area contributed by atoms with Gasteiger partial charge in [0.25, 0.3) is 0 Å². The lowest BCUT2D eigenvalue weighted by atomic mass is 10.0. The second kappa shape index (κ2) is 47.2. The van der Waals surface area contributed by atoms with Crippen molar-refractivity contribution < 1.29 is 37.6 Å². The van der Waals surface area contributed by atoms with Gasteiger partial charge in [-0.05, 0) is 77.0 Å². The summed E-state index contributed by atoms with van der Waals surface area (Å²) in [6, 6.07) is 0. The fraction of sp³-hybridized carbons (Fsp3) is 0.769. The highest BCUT2D eigenvalue weighted by atomic mass is 31.2. The molecule has 0 rings (SSSR count). The first-order chi connectivity index (χ1) is 29.8. The highest BCUT2D eigenvalue weighted by Gasteiger charge is 2.24. The Bertz CT molecular complexity index is 1180. The number of phosphoric ester groups is 1. The number of hydrogen-bond donors (Lipinski definition) is 1. The van der Waals surface area contributed by atoms with Crippen LogP contribution in [0.15, 0.2) is 60.8 Å². The van der Waals surface area contributed by atoms with Crippen LogP contribution in [0.25, 0.3) is 0 Å². The molecule has 0 aromatic rings. The molecule has 0 aliphatic heterocycles. The molecule has 0 spiro atoms. The number of rotatable bonds is 46. The number of allylic oxidation sites excluding steroid dienone is 10. The Balaban J connectivity index is 3.92. The summed E-state index contributed by atoms with van der Waals surface area (Å²) in [6.45, 7) is 3.79. The van der Waals surface area contributed by atoms with Crippen molar-refractivity contribution >= 4 is 19.8 Å². The summed E-state index contributed by atoms with van der Waals surface area (Å²) in [4.78, 5) is 34.6. The third-order valence-electron chi connectivity index (χ3n) is 10.7. The van der Waals surface area contributed by atoms with Gasteiger partial charge in [0.2, 0.25) is 0 Å². The first-order valence-electron chi connectivity index (χ1n) is 25.0. The summed E-state index contributed by atoms with van der Waals surface area (Å²) < 4.78 is 32.1. The summed E-state index contributed by atoms with van der Waals surface area (Å²) in [6.07, 6.45) is 60.0. The molecule has 0 fully saturated rings. The Morgan fingerprint density at radius 1 is 0.475 bits per heavy atom. The van der Waals surface area contributed by atoms with Crippen molar-refractivity contribution in [3.63, 3.8) is 0 Å². The first kappa shape index (κ1) is 58.8. The molecule has 9 heteroatoms. The Morgan fingerprint density at radius 2 is 0.836 bits per heavy atom. The zero-order valence-electron chi connectivity index (χ0n) is 39.6. The van der Waals surface area contributed by atoms with Crippen molar-refractivity contribution in [2.45, 2.75) is 238 Å². The van der Waals surface area contributed by atoms with Gasteiger partial charge in [-0.2, -0.15) is 0 Å². The van der Waals surface area contributed by atoms with Gasteiger partial charge in [0.05, 0.1) is 6.61 Å². The summed E-state index contributed by atoms with van der Waals surface area (Å²) in [5, 5.41) is 0. The number of unbranched alkanes of at least 4 members (excludes halogenated alkanes) is 25. The topological polar surface area (TPSA) is 108 Å². The molecule has 0 saturated carbocycles. The Kier molecular flexibility index (Phi) is 45.5. The van der Waals surface area contributed by atoms with Crippen molar-refractivity contribution in [3.8, 4) is 0 Å². The molecule has 8 nitrogen and oxygen atoms in total. The number of carbonyl (C=O) groups is 2. The average molecular weight is 877 g/mol. The van der Waals surface area contributed by atoms with Gasteiger partial charge in [0.1, 0.15) is 6.61 Å². The summed E-state index contributed by atoms with van der Waals surface area (Å²) in [5.41, 5.74) is 0. The predicted molar refractivity (Wildman–Crippen MR) is 258 cm³/mol. The van der Waals surface area contributed by atoms with Gasteiger partial charge in [-0.3, -0.25) is 18.6 Å². The number of ether oxygens (including phenoxy) is 2. The minimum Gasteiger partial charge on any atom is -0.462 e. The molecule has 0 saturated heterocycles. The molecule has 0 heterocycles. The van der Waals surface area contributed by atoms with E-state index in [-0.39, 0.29) is 25.4 Å². The lowest BCUT2D eigenvalue weighted by molar-refractivity contribution is -0.161. The van der Waals surface area contributed by atoms with Crippen LogP contribution < -0.4 is 0 Å². The third kappa shape index (κ3) is 47.1. The summed E-state index contributed by atoms with van der Waals surface area (Å²) in [5.74, 6) is -0.817. The van der Waals surface area contributed by atoms with Gasteiger partial charge in [-0.15, -0.1) is 0 Å². The number of phosphoric acid groups is 1.